The van der Waals surface area contributed by atoms with Crippen LogP contribution in [0.2, 0.25) is 0 Å². The smallest absolute Gasteiger partial charge is 0.163 e. The van der Waals surface area contributed by atoms with Gasteiger partial charge in [-0.25, -0.2) is 0 Å². The van der Waals surface area contributed by atoms with E-state index in [0.29, 0.717) is 6.42 Å². The molecule has 1 aliphatic rings. The highest BCUT2D eigenvalue weighted by Crippen LogP contribution is 2.25. The van der Waals surface area contributed by atoms with Crippen molar-refractivity contribution in [2.24, 2.45) is 0 Å². The van der Waals surface area contributed by atoms with Gasteiger partial charge in [0.15, 0.2) is 5.78 Å². The van der Waals surface area contributed by atoms with Crippen molar-refractivity contribution in [1.29, 1.82) is 0 Å². The van der Waals surface area contributed by atoms with E-state index in [9.17, 15) is 4.79 Å². The van der Waals surface area contributed by atoms with Crippen LogP contribution in [0, 0.1) is 13.8 Å². The van der Waals surface area contributed by atoms with Crippen LogP contribution in [0.15, 0.2) is 12.1 Å². The second-order valence-electron chi connectivity index (χ2n) is 5.23. The summed E-state index contributed by atoms with van der Waals surface area (Å²) in [5, 5.41) is 0. The minimum atomic E-state index is 0.207. The Balaban J connectivity index is 2.03. The molecule has 2 rings (SSSR count). The first-order chi connectivity index (χ1) is 9.11. The molecular formula is C16H22O3. The molecule has 104 valence electrons. The lowest BCUT2D eigenvalue weighted by molar-refractivity contribution is 0.0859. The SMILES string of the molecule is COc1cc(C)c(C(=O)CCC2CCCO2)cc1C. The van der Waals surface area contributed by atoms with Gasteiger partial charge in [-0.2, -0.15) is 0 Å². The molecule has 0 spiro atoms. The summed E-state index contributed by atoms with van der Waals surface area (Å²) in [5.74, 6) is 1.05. The van der Waals surface area contributed by atoms with Gasteiger partial charge in [-0.05, 0) is 56.4 Å². The number of hydrogen-bond acceptors (Lipinski definition) is 3. The number of Topliss-reactive ketones (excluding diaryl/α,β-unsaturated/α-hetero) is 1. The van der Waals surface area contributed by atoms with Crippen molar-refractivity contribution in [3.8, 4) is 5.75 Å². The van der Waals surface area contributed by atoms with E-state index in [4.69, 9.17) is 9.47 Å². The van der Waals surface area contributed by atoms with Crippen LogP contribution in [-0.2, 0) is 4.74 Å². The number of methoxy groups -OCH3 is 1. The average Bonchev–Trinajstić information content (AvgIpc) is 2.91. The zero-order chi connectivity index (χ0) is 13.8. The standard InChI is InChI=1S/C16H22O3/c1-11-10-16(18-3)12(2)9-14(11)15(17)7-6-13-5-4-8-19-13/h9-10,13H,4-8H2,1-3H3. The predicted molar refractivity (Wildman–Crippen MR) is 75.0 cm³/mol. The van der Waals surface area contributed by atoms with Crippen LogP contribution >= 0.6 is 0 Å². The maximum Gasteiger partial charge on any atom is 0.163 e. The van der Waals surface area contributed by atoms with E-state index in [1.165, 1.54) is 0 Å². The van der Waals surface area contributed by atoms with Gasteiger partial charge in [-0.15, -0.1) is 0 Å². The largest absolute Gasteiger partial charge is 0.496 e. The minimum Gasteiger partial charge on any atom is -0.496 e. The molecule has 1 aromatic rings. The van der Waals surface area contributed by atoms with E-state index < -0.39 is 0 Å². The highest BCUT2D eigenvalue weighted by atomic mass is 16.5. The zero-order valence-corrected chi connectivity index (χ0v) is 12.0. The lowest BCUT2D eigenvalue weighted by atomic mass is 9.97. The van der Waals surface area contributed by atoms with Crippen molar-refractivity contribution in [2.75, 3.05) is 13.7 Å². The Morgan fingerprint density at radius 3 is 2.79 bits per heavy atom. The summed E-state index contributed by atoms with van der Waals surface area (Å²) in [5.41, 5.74) is 2.81. The number of ether oxygens (including phenoxy) is 2. The van der Waals surface area contributed by atoms with E-state index in [1.54, 1.807) is 7.11 Å². The Kier molecular flexibility index (Phi) is 4.59. The van der Waals surface area contributed by atoms with Gasteiger partial charge in [-0.3, -0.25) is 4.79 Å². The Bertz CT molecular complexity index is 459. The maximum absolute atomic E-state index is 12.3. The molecule has 1 aromatic carbocycles. The second-order valence-corrected chi connectivity index (χ2v) is 5.23. The topological polar surface area (TPSA) is 35.5 Å². The average molecular weight is 262 g/mol. The molecule has 0 aliphatic carbocycles. The van der Waals surface area contributed by atoms with Crippen LogP contribution in [0.3, 0.4) is 0 Å². The highest BCUT2D eigenvalue weighted by molar-refractivity contribution is 5.97. The number of rotatable bonds is 5. The Labute approximate surface area is 114 Å². The molecular weight excluding hydrogens is 240 g/mol. The quantitative estimate of drug-likeness (QED) is 0.762. The fraction of sp³-hybridized carbons (Fsp3) is 0.562. The Morgan fingerprint density at radius 1 is 1.37 bits per heavy atom. The van der Waals surface area contributed by atoms with Gasteiger partial charge in [0, 0.05) is 18.6 Å². The van der Waals surface area contributed by atoms with E-state index in [2.05, 4.69) is 0 Å². The molecule has 19 heavy (non-hydrogen) atoms. The molecule has 1 aliphatic heterocycles. The fourth-order valence-electron chi connectivity index (χ4n) is 2.61. The summed E-state index contributed by atoms with van der Waals surface area (Å²) in [4.78, 5) is 12.3. The Hall–Kier alpha value is -1.35. The van der Waals surface area contributed by atoms with Gasteiger partial charge in [0.2, 0.25) is 0 Å². The molecule has 0 amide bonds. The fourth-order valence-corrected chi connectivity index (χ4v) is 2.61. The van der Waals surface area contributed by atoms with Crippen molar-refractivity contribution in [2.45, 2.75) is 45.6 Å². The molecule has 1 heterocycles. The third-order valence-electron chi connectivity index (χ3n) is 3.76. The summed E-state index contributed by atoms with van der Waals surface area (Å²) in [7, 11) is 1.65. The molecule has 3 heteroatoms. The van der Waals surface area contributed by atoms with Crippen LogP contribution in [0.25, 0.3) is 0 Å². The molecule has 0 N–H and O–H groups in total. The zero-order valence-electron chi connectivity index (χ0n) is 12.0. The van der Waals surface area contributed by atoms with E-state index in [0.717, 1.165) is 48.3 Å². The van der Waals surface area contributed by atoms with Crippen LogP contribution in [0.4, 0.5) is 0 Å². The molecule has 0 aromatic heterocycles. The van der Waals surface area contributed by atoms with Gasteiger partial charge >= 0.3 is 0 Å². The van der Waals surface area contributed by atoms with Crippen LogP contribution in [-0.4, -0.2) is 25.6 Å². The molecule has 0 bridgehead atoms. The predicted octanol–water partition coefficient (Wildman–Crippen LogP) is 3.45. The third-order valence-corrected chi connectivity index (χ3v) is 3.76. The summed E-state index contributed by atoms with van der Waals surface area (Å²) < 4.78 is 10.8. The van der Waals surface area contributed by atoms with E-state index >= 15 is 0 Å². The first kappa shape index (κ1) is 14.1. The second kappa shape index (κ2) is 6.20. The molecule has 1 atom stereocenters. The monoisotopic (exact) mass is 262 g/mol. The molecule has 1 unspecified atom stereocenters. The number of carbonyl (C=O) groups excluding carboxylic acids is 1. The van der Waals surface area contributed by atoms with Crippen LogP contribution in [0.5, 0.6) is 5.75 Å². The third kappa shape index (κ3) is 3.35. The number of aryl methyl sites for hydroxylation is 2. The lowest BCUT2D eigenvalue weighted by Crippen LogP contribution is -2.10. The first-order valence-electron chi connectivity index (χ1n) is 6.92. The van der Waals surface area contributed by atoms with Crippen LogP contribution < -0.4 is 4.74 Å². The number of carbonyl (C=O) groups is 1. The first-order valence-corrected chi connectivity index (χ1v) is 6.92. The van der Waals surface area contributed by atoms with Gasteiger partial charge in [0.25, 0.3) is 0 Å². The van der Waals surface area contributed by atoms with Crippen molar-refractivity contribution >= 4 is 5.78 Å². The van der Waals surface area contributed by atoms with Gasteiger partial charge in [0.1, 0.15) is 5.75 Å². The number of ketones is 1. The van der Waals surface area contributed by atoms with Crippen molar-refractivity contribution < 1.29 is 14.3 Å². The summed E-state index contributed by atoms with van der Waals surface area (Å²) in [6.45, 7) is 4.77. The lowest BCUT2D eigenvalue weighted by Gasteiger charge is -2.12. The Morgan fingerprint density at radius 2 is 2.16 bits per heavy atom. The summed E-state index contributed by atoms with van der Waals surface area (Å²) >= 11 is 0. The summed E-state index contributed by atoms with van der Waals surface area (Å²) in [6, 6.07) is 3.88. The van der Waals surface area contributed by atoms with E-state index in [1.807, 2.05) is 26.0 Å². The van der Waals surface area contributed by atoms with Gasteiger partial charge < -0.3 is 9.47 Å². The molecule has 1 saturated heterocycles. The van der Waals surface area contributed by atoms with E-state index in [-0.39, 0.29) is 11.9 Å². The number of hydrogen-bond donors (Lipinski definition) is 0. The maximum atomic E-state index is 12.3. The van der Waals surface area contributed by atoms with Crippen LogP contribution in [0.1, 0.15) is 47.2 Å². The van der Waals surface area contributed by atoms with Crippen molar-refractivity contribution in [3.63, 3.8) is 0 Å². The number of benzene rings is 1. The van der Waals surface area contributed by atoms with Crippen molar-refractivity contribution in [1.82, 2.24) is 0 Å². The van der Waals surface area contributed by atoms with Crippen molar-refractivity contribution in [3.05, 3.63) is 28.8 Å². The summed E-state index contributed by atoms with van der Waals surface area (Å²) in [6.07, 6.45) is 3.90. The highest BCUT2D eigenvalue weighted by Gasteiger charge is 2.18. The minimum absolute atomic E-state index is 0.207. The molecule has 3 nitrogen and oxygen atoms in total. The normalized spacial score (nSPS) is 18.6. The van der Waals surface area contributed by atoms with Gasteiger partial charge in [-0.1, -0.05) is 0 Å². The van der Waals surface area contributed by atoms with Gasteiger partial charge in [0.05, 0.1) is 13.2 Å². The molecule has 1 fully saturated rings. The molecule has 0 saturated carbocycles. The molecule has 0 radical (unpaired) electrons.